The Kier molecular flexibility index (Phi) is 4.36. The second-order valence-electron chi connectivity index (χ2n) is 5.10. The number of rotatable bonds is 5. The number of carbonyl (C=O) groups excluding carboxylic acids is 1. The fraction of sp³-hybridized carbons (Fsp3) is 0.692. The first-order valence-corrected chi connectivity index (χ1v) is 6.67. The molecule has 1 aliphatic rings. The highest BCUT2D eigenvalue weighted by atomic mass is 16.1. The maximum absolute atomic E-state index is 12.0. The van der Waals surface area contributed by atoms with Gasteiger partial charge in [-0.3, -0.25) is 9.48 Å². The molecule has 1 saturated carbocycles. The van der Waals surface area contributed by atoms with Crippen molar-refractivity contribution in [3.8, 4) is 0 Å². The number of aromatic nitrogens is 2. The van der Waals surface area contributed by atoms with E-state index in [0.717, 1.165) is 31.4 Å². The van der Waals surface area contributed by atoms with Crippen molar-refractivity contribution in [1.82, 2.24) is 15.1 Å². The van der Waals surface area contributed by atoms with E-state index in [9.17, 15) is 4.79 Å². The molecule has 0 radical (unpaired) electrons. The molecule has 1 aromatic heterocycles. The van der Waals surface area contributed by atoms with Crippen molar-refractivity contribution in [3.63, 3.8) is 0 Å². The Balaban J connectivity index is 1.74. The Morgan fingerprint density at radius 3 is 3.11 bits per heavy atom. The van der Waals surface area contributed by atoms with Gasteiger partial charge in [-0.05, 0) is 37.8 Å². The van der Waals surface area contributed by atoms with Gasteiger partial charge in [-0.15, -0.1) is 0 Å². The van der Waals surface area contributed by atoms with Crippen LogP contribution in [0, 0.1) is 18.8 Å². The van der Waals surface area contributed by atoms with Crippen LogP contribution in [0.2, 0.25) is 0 Å². The van der Waals surface area contributed by atoms with E-state index in [2.05, 4.69) is 10.4 Å². The molecule has 100 valence electrons. The summed E-state index contributed by atoms with van der Waals surface area (Å²) in [5.74, 6) is 0.651. The van der Waals surface area contributed by atoms with Crippen LogP contribution in [0.3, 0.4) is 0 Å². The highest BCUT2D eigenvalue weighted by molar-refractivity contribution is 5.79. The summed E-state index contributed by atoms with van der Waals surface area (Å²) in [5, 5.41) is 7.18. The number of nitrogens with one attached hydrogen (secondary N) is 1. The van der Waals surface area contributed by atoms with E-state index >= 15 is 0 Å². The second kappa shape index (κ2) is 6.00. The molecule has 1 aromatic rings. The molecule has 0 aromatic carbocycles. The van der Waals surface area contributed by atoms with Gasteiger partial charge in [-0.25, -0.2) is 0 Å². The van der Waals surface area contributed by atoms with E-state index < -0.39 is 0 Å². The van der Waals surface area contributed by atoms with Crippen LogP contribution in [0.5, 0.6) is 0 Å². The molecule has 1 amide bonds. The summed E-state index contributed by atoms with van der Waals surface area (Å²) >= 11 is 0. The van der Waals surface area contributed by atoms with Gasteiger partial charge in [0.15, 0.2) is 0 Å². The first-order valence-electron chi connectivity index (χ1n) is 6.67. The van der Waals surface area contributed by atoms with Gasteiger partial charge in [0.1, 0.15) is 0 Å². The molecule has 0 saturated heterocycles. The number of hydrogen-bond acceptors (Lipinski definition) is 3. The van der Waals surface area contributed by atoms with E-state index in [4.69, 9.17) is 5.73 Å². The average molecular weight is 250 g/mol. The summed E-state index contributed by atoms with van der Waals surface area (Å²) in [4.78, 5) is 12.0. The van der Waals surface area contributed by atoms with E-state index in [-0.39, 0.29) is 11.8 Å². The van der Waals surface area contributed by atoms with Crippen LogP contribution in [0.25, 0.3) is 0 Å². The Bertz CT molecular complexity index is 401. The lowest BCUT2D eigenvalue weighted by Crippen LogP contribution is -2.36. The molecule has 0 aliphatic heterocycles. The number of nitrogens with two attached hydrogens (primary N) is 1. The van der Waals surface area contributed by atoms with Crippen molar-refractivity contribution in [2.75, 3.05) is 13.1 Å². The van der Waals surface area contributed by atoms with Crippen LogP contribution in [0.1, 0.15) is 24.8 Å². The average Bonchev–Trinajstić information content (AvgIpc) is 2.97. The highest BCUT2D eigenvalue weighted by Crippen LogP contribution is 2.30. The van der Waals surface area contributed by atoms with Crippen molar-refractivity contribution in [1.29, 1.82) is 0 Å². The number of carbonyl (C=O) groups is 1. The summed E-state index contributed by atoms with van der Waals surface area (Å²) in [6, 6.07) is 0. The van der Waals surface area contributed by atoms with Crippen molar-refractivity contribution in [2.45, 2.75) is 32.7 Å². The van der Waals surface area contributed by atoms with E-state index in [1.807, 2.05) is 24.0 Å². The van der Waals surface area contributed by atoms with Gasteiger partial charge >= 0.3 is 0 Å². The fourth-order valence-electron chi connectivity index (χ4n) is 2.68. The Morgan fingerprint density at radius 1 is 1.61 bits per heavy atom. The van der Waals surface area contributed by atoms with Crippen LogP contribution < -0.4 is 11.1 Å². The molecule has 1 aliphatic carbocycles. The molecular weight excluding hydrogens is 228 g/mol. The fourth-order valence-corrected chi connectivity index (χ4v) is 2.68. The van der Waals surface area contributed by atoms with Gasteiger partial charge in [-0.2, -0.15) is 5.10 Å². The molecular formula is C13H22N4O. The van der Waals surface area contributed by atoms with Gasteiger partial charge in [0, 0.05) is 18.7 Å². The largest absolute Gasteiger partial charge is 0.354 e. The molecule has 2 rings (SSSR count). The smallest absolute Gasteiger partial charge is 0.223 e. The van der Waals surface area contributed by atoms with E-state index in [1.165, 1.54) is 0 Å². The predicted molar refractivity (Wildman–Crippen MR) is 69.9 cm³/mol. The minimum atomic E-state index is 0.120. The second-order valence-corrected chi connectivity index (χ2v) is 5.10. The van der Waals surface area contributed by atoms with Gasteiger partial charge in [0.05, 0.1) is 12.7 Å². The Morgan fingerprint density at radius 2 is 2.44 bits per heavy atom. The van der Waals surface area contributed by atoms with Crippen molar-refractivity contribution >= 4 is 5.91 Å². The lowest BCUT2D eigenvalue weighted by atomic mass is 9.95. The third kappa shape index (κ3) is 3.10. The van der Waals surface area contributed by atoms with Crippen LogP contribution >= 0.6 is 0 Å². The summed E-state index contributed by atoms with van der Waals surface area (Å²) in [6.45, 7) is 3.98. The molecule has 2 atom stereocenters. The number of amides is 1. The van der Waals surface area contributed by atoms with Crippen molar-refractivity contribution in [3.05, 3.63) is 18.0 Å². The molecule has 0 spiro atoms. The van der Waals surface area contributed by atoms with Crippen molar-refractivity contribution < 1.29 is 4.79 Å². The first kappa shape index (κ1) is 13.1. The van der Waals surface area contributed by atoms with Crippen LogP contribution in [0.15, 0.2) is 12.4 Å². The number of nitrogens with zero attached hydrogens (tertiary/aromatic N) is 2. The van der Waals surface area contributed by atoms with Crippen LogP contribution in [0.4, 0.5) is 0 Å². The zero-order valence-corrected chi connectivity index (χ0v) is 10.9. The zero-order valence-electron chi connectivity index (χ0n) is 10.9. The molecule has 5 nitrogen and oxygen atoms in total. The number of hydrogen-bond donors (Lipinski definition) is 2. The molecule has 1 fully saturated rings. The minimum absolute atomic E-state index is 0.120. The molecule has 1 heterocycles. The molecule has 2 unspecified atom stereocenters. The van der Waals surface area contributed by atoms with Gasteiger partial charge in [0.2, 0.25) is 5.91 Å². The van der Waals surface area contributed by atoms with E-state index in [1.54, 1.807) is 0 Å². The SMILES string of the molecule is Cc1cnn(CCNC(=O)C2CCCC2CN)c1. The van der Waals surface area contributed by atoms with Gasteiger partial charge in [0.25, 0.3) is 0 Å². The van der Waals surface area contributed by atoms with Crippen LogP contribution in [-0.2, 0) is 11.3 Å². The van der Waals surface area contributed by atoms with Gasteiger partial charge in [-0.1, -0.05) is 6.42 Å². The standard InChI is InChI=1S/C13H22N4O/c1-10-8-16-17(9-10)6-5-15-13(18)12-4-2-3-11(12)7-14/h8-9,11-12H,2-7,14H2,1H3,(H,15,18). The molecule has 18 heavy (non-hydrogen) atoms. The topological polar surface area (TPSA) is 72.9 Å². The summed E-state index contributed by atoms with van der Waals surface area (Å²) in [6.07, 6.45) is 6.99. The maximum atomic E-state index is 12.0. The summed E-state index contributed by atoms with van der Waals surface area (Å²) < 4.78 is 1.85. The lowest BCUT2D eigenvalue weighted by Gasteiger charge is -2.17. The highest BCUT2D eigenvalue weighted by Gasteiger charge is 2.31. The third-order valence-corrected chi connectivity index (χ3v) is 3.70. The molecule has 0 bridgehead atoms. The van der Waals surface area contributed by atoms with Crippen LogP contribution in [-0.4, -0.2) is 28.8 Å². The predicted octanol–water partition coefficient (Wildman–Crippen LogP) is 0.683. The summed E-state index contributed by atoms with van der Waals surface area (Å²) in [7, 11) is 0. The molecule has 5 heteroatoms. The van der Waals surface area contributed by atoms with Crippen molar-refractivity contribution in [2.24, 2.45) is 17.6 Å². The van der Waals surface area contributed by atoms with Gasteiger partial charge < -0.3 is 11.1 Å². The quantitative estimate of drug-likeness (QED) is 0.807. The molecule has 3 N–H and O–H groups in total. The summed E-state index contributed by atoms with van der Waals surface area (Å²) in [5.41, 5.74) is 6.83. The normalized spacial score (nSPS) is 23.2. The first-order chi connectivity index (χ1) is 8.70. The lowest BCUT2D eigenvalue weighted by molar-refractivity contribution is -0.125. The monoisotopic (exact) mass is 250 g/mol. The minimum Gasteiger partial charge on any atom is -0.354 e. The zero-order chi connectivity index (χ0) is 13.0. The number of aryl methyl sites for hydroxylation is 1. The Hall–Kier alpha value is -1.36. The third-order valence-electron chi connectivity index (χ3n) is 3.70. The maximum Gasteiger partial charge on any atom is 0.223 e. The van der Waals surface area contributed by atoms with E-state index in [0.29, 0.717) is 19.0 Å². The Labute approximate surface area is 108 Å².